The van der Waals surface area contributed by atoms with Crippen molar-refractivity contribution in [1.29, 1.82) is 0 Å². The summed E-state index contributed by atoms with van der Waals surface area (Å²) in [6, 6.07) is 3.59. The molecule has 0 bridgehead atoms. The fourth-order valence-corrected chi connectivity index (χ4v) is 2.69. The largest absolute Gasteiger partial charge is 0.345 e. The summed E-state index contributed by atoms with van der Waals surface area (Å²) < 4.78 is 5.15. The minimum absolute atomic E-state index is 0. The first-order valence-electron chi connectivity index (χ1n) is 7.47. The molecule has 3 rings (SSSR count). The lowest BCUT2D eigenvalue weighted by molar-refractivity contribution is -0.127. The van der Waals surface area contributed by atoms with Gasteiger partial charge >= 0.3 is 0 Å². The van der Waals surface area contributed by atoms with Gasteiger partial charge in [0.25, 0.3) is 0 Å². The quantitative estimate of drug-likeness (QED) is 0.850. The van der Waals surface area contributed by atoms with E-state index in [2.05, 4.69) is 20.4 Å². The lowest BCUT2D eigenvalue weighted by Crippen LogP contribution is -2.54. The number of rotatable bonds is 4. The predicted molar refractivity (Wildman–Crippen MR) is 93.9 cm³/mol. The normalized spacial score (nSPS) is 15.7. The maximum Gasteiger partial charge on any atom is 0.246 e. The average Bonchev–Trinajstić information content (AvgIpc) is 3.03. The Bertz CT molecular complexity index is 644. The molecule has 24 heavy (non-hydrogen) atoms. The lowest BCUT2D eigenvalue weighted by atomic mass is 9.82. The van der Waals surface area contributed by atoms with Crippen LogP contribution in [0.15, 0.2) is 29.0 Å². The molecule has 1 fully saturated rings. The summed E-state index contributed by atoms with van der Waals surface area (Å²) in [6.45, 7) is 0.190. The van der Waals surface area contributed by atoms with Gasteiger partial charge in [-0.1, -0.05) is 24.4 Å². The van der Waals surface area contributed by atoms with Crippen LogP contribution in [0.5, 0.6) is 0 Å². The number of nitrogens with one attached hydrogen (secondary N) is 1. The van der Waals surface area contributed by atoms with E-state index >= 15 is 0 Å². The molecule has 0 unspecified atom stereocenters. The van der Waals surface area contributed by atoms with Crippen molar-refractivity contribution < 1.29 is 9.32 Å². The number of halogens is 2. The van der Waals surface area contributed by atoms with Crippen LogP contribution in [0.3, 0.4) is 0 Å². The van der Waals surface area contributed by atoms with Crippen LogP contribution in [-0.2, 0) is 11.3 Å². The van der Waals surface area contributed by atoms with Crippen molar-refractivity contribution >= 4 is 30.7 Å². The molecule has 0 saturated heterocycles. The molecule has 0 spiro atoms. The zero-order valence-electron chi connectivity index (χ0n) is 13.1. The second-order valence-electron chi connectivity index (χ2n) is 5.65. The van der Waals surface area contributed by atoms with E-state index in [4.69, 9.17) is 10.3 Å². The Morgan fingerprint density at radius 3 is 2.54 bits per heavy atom. The molecule has 7 nitrogen and oxygen atoms in total. The highest BCUT2D eigenvalue weighted by atomic mass is 35.5. The van der Waals surface area contributed by atoms with Crippen molar-refractivity contribution in [3.63, 3.8) is 0 Å². The number of aromatic nitrogens is 3. The number of nitrogens with zero attached hydrogens (tertiary/aromatic N) is 3. The van der Waals surface area contributed by atoms with Crippen LogP contribution in [-0.4, -0.2) is 26.6 Å². The first-order valence-corrected chi connectivity index (χ1v) is 7.47. The summed E-state index contributed by atoms with van der Waals surface area (Å²) >= 11 is 0. The molecule has 2 heterocycles. The van der Waals surface area contributed by atoms with Gasteiger partial charge in [-0.05, 0) is 25.0 Å². The summed E-state index contributed by atoms with van der Waals surface area (Å²) in [4.78, 5) is 20.4. The molecule has 3 N–H and O–H groups in total. The number of nitrogens with two attached hydrogens (primary N) is 1. The van der Waals surface area contributed by atoms with E-state index in [1.165, 1.54) is 0 Å². The first kappa shape index (κ1) is 20.3. The Labute approximate surface area is 152 Å². The molecule has 1 aliphatic carbocycles. The number of hydrogen-bond acceptors (Lipinski definition) is 6. The van der Waals surface area contributed by atoms with Gasteiger partial charge in [0, 0.05) is 18.0 Å². The zero-order chi connectivity index (χ0) is 15.4. The van der Waals surface area contributed by atoms with Gasteiger partial charge in [-0.3, -0.25) is 9.78 Å². The van der Waals surface area contributed by atoms with Gasteiger partial charge < -0.3 is 15.6 Å². The van der Waals surface area contributed by atoms with Gasteiger partial charge in [0.1, 0.15) is 0 Å². The van der Waals surface area contributed by atoms with E-state index in [-0.39, 0.29) is 37.3 Å². The van der Waals surface area contributed by atoms with Crippen LogP contribution in [0.2, 0.25) is 0 Å². The predicted octanol–water partition coefficient (Wildman–Crippen LogP) is 2.25. The molecule has 0 aromatic carbocycles. The monoisotopic (exact) mass is 373 g/mol. The maximum atomic E-state index is 12.2. The Morgan fingerprint density at radius 2 is 1.88 bits per heavy atom. The molecular formula is C15H21Cl2N5O2. The van der Waals surface area contributed by atoms with Gasteiger partial charge in [0.05, 0.1) is 12.1 Å². The van der Waals surface area contributed by atoms with E-state index in [0.29, 0.717) is 11.7 Å². The summed E-state index contributed by atoms with van der Waals surface area (Å²) in [5, 5.41) is 6.70. The summed E-state index contributed by atoms with van der Waals surface area (Å²) in [5.41, 5.74) is 6.24. The van der Waals surface area contributed by atoms with Gasteiger partial charge in [-0.25, -0.2) is 0 Å². The highest BCUT2D eigenvalue weighted by molar-refractivity contribution is 5.86. The highest BCUT2D eigenvalue weighted by Gasteiger charge is 2.35. The van der Waals surface area contributed by atoms with Crippen molar-refractivity contribution in [3.8, 4) is 11.4 Å². The van der Waals surface area contributed by atoms with E-state index in [1.807, 2.05) is 0 Å². The molecule has 1 aliphatic rings. The van der Waals surface area contributed by atoms with Crippen LogP contribution in [0, 0.1) is 0 Å². The van der Waals surface area contributed by atoms with E-state index in [9.17, 15) is 4.79 Å². The molecular weight excluding hydrogens is 353 g/mol. The Kier molecular flexibility index (Phi) is 7.59. The van der Waals surface area contributed by atoms with Crippen molar-refractivity contribution in [3.05, 3.63) is 30.4 Å². The first-order chi connectivity index (χ1) is 10.7. The number of carbonyl (C=O) groups excluding carboxylic acids is 1. The number of pyridine rings is 1. The molecule has 2 aromatic rings. The highest BCUT2D eigenvalue weighted by Crippen LogP contribution is 2.26. The minimum Gasteiger partial charge on any atom is -0.345 e. The second-order valence-corrected chi connectivity index (χ2v) is 5.65. The average molecular weight is 374 g/mol. The summed E-state index contributed by atoms with van der Waals surface area (Å²) in [5.74, 6) is 0.696. The van der Waals surface area contributed by atoms with Crippen LogP contribution in [0.4, 0.5) is 0 Å². The van der Waals surface area contributed by atoms with Gasteiger partial charge in [-0.2, -0.15) is 4.98 Å². The number of amides is 1. The zero-order valence-corrected chi connectivity index (χ0v) is 14.7. The van der Waals surface area contributed by atoms with Crippen molar-refractivity contribution in [2.24, 2.45) is 5.73 Å². The van der Waals surface area contributed by atoms with Crippen LogP contribution >= 0.6 is 24.8 Å². The third kappa shape index (κ3) is 4.66. The summed E-state index contributed by atoms with van der Waals surface area (Å²) in [6.07, 6.45) is 7.91. The van der Waals surface area contributed by atoms with Gasteiger partial charge in [0.15, 0.2) is 0 Å². The maximum absolute atomic E-state index is 12.2. The van der Waals surface area contributed by atoms with Crippen LogP contribution in [0.1, 0.15) is 38.0 Å². The molecule has 1 saturated carbocycles. The Balaban J connectivity index is 0.00000144. The van der Waals surface area contributed by atoms with E-state index < -0.39 is 5.54 Å². The lowest BCUT2D eigenvalue weighted by Gasteiger charge is -2.31. The van der Waals surface area contributed by atoms with Gasteiger partial charge in [0.2, 0.25) is 17.6 Å². The standard InChI is InChI=1S/C15H19N5O2.2ClH/c16-15(6-2-1-3-7-15)14(21)18-10-12-19-13(20-22-12)11-4-8-17-9-5-11;;/h4-5,8-9H,1-3,6-7,10,16H2,(H,18,21);2*1H. The number of hydrogen-bond donors (Lipinski definition) is 2. The molecule has 0 radical (unpaired) electrons. The van der Waals surface area contributed by atoms with Crippen molar-refractivity contribution in [1.82, 2.24) is 20.4 Å². The van der Waals surface area contributed by atoms with E-state index in [0.717, 1.165) is 37.7 Å². The van der Waals surface area contributed by atoms with Crippen molar-refractivity contribution in [2.75, 3.05) is 0 Å². The van der Waals surface area contributed by atoms with E-state index in [1.54, 1.807) is 24.5 Å². The molecule has 9 heteroatoms. The molecule has 1 amide bonds. The number of carbonyl (C=O) groups is 1. The second kappa shape index (κ2) is 8.96. The SMILES string of the molecule is Cl.Cl.NC1(C(=O)NCc2nc(-c3ccncc3)no2)CCCCC1. The fourth-order valence-electron chi connectivity index (χ4n) is 2.69. The molecule has 0 atom stereocenters. The minimum atomic E-state index is -0.758. The molecule has 132 valence electrons. The van der Waals surface area contributed by atoms with Crippen LogP contribution in [0.25, 0.3) is 11.4 Å². The van der Waals surface area contributed by atoms with Crippen molar-refractivity contribution in [2.45, 2.75) is 44.2 Å². The van der Waals surface area contributed by atoms with Crippen LogP contribution < -0.4 is 11.1 Å². The molecule has 2 aromatic heterocycles. The van der Waals surface area contributed by atoms with Gasteiger partial charge in [-0.15, -0.1) is 24.8 Å². The summed E-state index contributed by atoms with van der Waals surface area (Å²) in [7, 11) is 0. The topological polar surface area (TPSA) is 107 Å². The fraction of sp³-hybridized carbons (Fsp3) is 0.467. The third-order valence-corrected chi connectivity index (χ3v) is 4.00. The molecule has 0 aliphatic heterocycles. The Hall–Kier alpha value is -1.70. The Morgan fingerprint density at radius 1 is 1.21 bits per heavy atom. The third-order valence-electron chi connectivity index (χ3n) is 4.00. The smallest absolute Gasteiger partial charge is 0.246 e.